The molecule has 2 rings (SSSR count). The van der Waals surface area contributed by atoms with Crippen molar-refractivity contribution in [3.05, 3.63) is 28.8 Å². The van der Waals surface area contributed by atoms with Crippen LogP contribution < -0.4 is 4.57 Å². The molecular formula is C10H10NO2Se+. The van der Waals surface area contributed by atoms with Gasteiger partial charge in [0.2, 0.25) is 0 Å². The molecule has 0 aliphatic heterocycles. The quantitative estimate of drug-likeness (QED) is 0.630. The number of aliphatic carboxylic acids is 1. The van der Waals surface area contributed by atoms with Gasteiger partial charge in [0, 0.05) is 0 Å². The van der Waals surface area contributed by atoms with Gasteiger partial charge in [-0.15, -0.1) is 0 Å². The van der Waals surface area contributed by atoms with Gasteiger partial charge in [-0.2, -0.15) is 0 Å². The Bertz CT molecular complexity index is 490. The molecule has 0 aliphatic carbocycles. The van der Waals surface area contributed by atoms with Crippen molar-refractivity contribution in [1.29, 1.82) is 0 Å². The van der Waals surface area contributed by atoms with Crippen LogP contribution in [0, 0.1) is 6.92 Å². The fourth-order valence-corrected chi connectivity index (χ4v) is 3.62. The summed E-state index contributed by atoms with van der Waals surface area (Å²) in [7, 11) is 0. The van der Waals surface area contributed by atoms with Gasteiger partial charge in [-0.25, -0.2) is 0 Å². The first-order chi connectivity index (χ1) is 6.68. The Balaban J connectivity index is 2.62. The van der Waals surface area contributed by atoms with E-state index < -0.39 is 5.97 Å². The molecule has 0 bridgehead atoms. The first-order valence-electron chi connectivity index (χ1n) is 4.28. The van der Waals surface area contributed by atoms with E-state index in [-0.39, 0.29) is 6.54 Å². The molecule has 4 heteroatoms. The first kappa shape index (κ1) is 9.44. The van der Waals surface area contributed by atoms with Crippen molar-refractivity contribution in [3.63, 3.8) is 0 Å². The molecule has 0 spiro atoms. The van der Waals surface area contributed by atoms with Crippen LogP contribution in [0.1, 0.15) is 4.57 Å². The number of aryl methyl sites for hydroxylation is 1. The van der Waals surface area contributed by atoms with E-state index >= 15 is 0 Å². The second-order valence-electron chi connectivity index (χ2n) is 3.07. The van der Waals surface area contributed by atoms with Crippen LogP contribution in [0.4, 0.5) is 0 Å². The van der Waals surface area contributed by atoms with Crippen LogP contribution in [0.5, 0.6) is 0 Å². The van der Waals surface area contributed by atoms with E-state index in [9.17, 15) is 4.79 Å². The van der Waals surface area contributed by atoms with Crippen molar-refractivity contribution >= 4 is 30.2 Å². The van der Waals surface area contributed by atoms with Crippen molar-refractivity contribution in [2.45, 2.75) is 13.5 Å². The summed E-state index contributed by atoms with van der Waals surface area (Å²) < 4.78 is 4.33. The van der Waals surface area contributed by atoms with E-state index in [2.05, 4.69) is 6.07 Å². The maximum absolute atomic E-state index is 10.7. The molecule has 0 fully saturated rings. The SMILES string of the molecule is Cc1[se]c2ccccc2[n+]1CC(=O)O. The van der Waals surface area contributed by atoms with E-state index in [1.165, 1.54) is 8.83 Å². The summed E-state index contributed by atoms with van der Waals surface area (Å²) in [5.41, 5.74) is 1.06. The molecule has 2 aromatic rings. The van der Waals surface area contributed by atoms with Crippen LogP contribution >= 0.6 is 0 Å². The predicted molar refractivity (Wildman–Crippen MR) is 53.5 cm³/mol. The molecule has 0 saturated heterocycles. The number of rotatable bonds is 2. The molecule has 72 valence electrons. The third-order valence-electron chi connectivity index (χ3n) is 2.09. The fourth-order valence-electron chi connectivity index (χ4n) is 1.48. The predicted octanol–water partition coefficient (Wildman–Crippen LogP) is 0.577. The number of hydrogen-bond donors (Lipinski definition) is 1. The van der Waals surface area contributed by atoms with Gasteiger partial charge in [0.25, 0.3) is 0 Å². The number of fused-ring (bicyclic) bond motifs is 1. The fraction of sp³-hybridized carbons (Fsp3) is 0.200. The van der Waals surface area contributed by atoms with Gasteiger partial charge >= 0.3 is 87.0 Å². The van der Waals surface area contributed by atoms with Crippen LogP contribution in [0.2, 0.25) is 0 Å². The van der Waals surface area contributed by atoms with E-state index in [0.29, 0.717) is 14.5 Å². The van der Waals surface area contributed by atoms with Crippen molar-refractivity contribution < 1.29 is 14.5 Å². The average molecular weight is 255 g/mol. The molecule has 14 heavy (non-hydrogen) atoms. The normalized spacial score (nSPS) is 10.6. The second kappa shape index (κ2) is 3.56. The number of benzene rings is 1. The van der Waals surface area contributed by atoms with Gasteiger partial charge in [-0.1, -0.05) is 0 Å². The van der Waals surface area contributed by atoms with Crippen LogP contribution in [0.15, 0.2) is 24.3 Å². The Kier molecular flexibility index (Phi) is 2.40. The summed E-state index contributed by atoms with van der Waals surface area (Å²) in [5.74, 6) is -0.781. The van der Waals surface area contributed by atoms with Gasteiger partial charge in [0.05, 0.1) is 0 Å². The molecule has 3 nitrogen and oxygen atoms in total. The summed E-state index contributed by atoms with van der Waals surface area (Å²) in [6, 6.07) is 8.00. The van der Waals surface area contributed by atoms with Crippen LogP contribution in [0.25, 0.3) is 9.78 Å². The minimum absolute atomic E-state index is 0.0740. The topological polar surface area (TPSA) is 41.2 Å². The van der Waals surface area contributed by atoms with Gasteiger partial charge in [-0.05, 0) is 0 Å². The Labute approximate surface area is 87.4 Å². The van der Waals surface area contributed by atoms with E-state index in [0.717, 1.165) is 5.52 Å². The van der Waals surface area contributed by atoms with Crippen molar-refractivity contribution in [2.24, 2.45) is 0 Å². The number of carboxylic acid groups (broad SMARTS) is 1. The molecule has 1 heterocycles. The molecule has 0 unspecified atom stereocenters. The summed E-state index contributed by atoms with van der Waals surface area (Å²) in [5, 5.41) is 8.77. The third-order valence-corrected chi connectivity index (χ3v) is 4.36. The van der Waals surface area contributed by atoms with E-state index in [1.807, 2.05) is 29.7 Å². The molecule has 1 N–H and O–H groups in total. The Hall–Kier alpha value is -1.12. The van der Waals surface area contributed by atoms with Gasteiger partial charge in [-0.3, -0.25) is 0 Å². The molecule has 0 amide bonds. The molecule has 0 atom stereocenters. The molecule has 0 saturated carbocycles. The molecule has 0 aliphatic rings. The average Bonchev–Trinajstić information content (AvgIpc) is 2.43. The number of para-hydroxylation sites is 1. The van der Waals surface area contributed by atoms with Gasteiger partial charge in [0.15, 0.2) is 0 Å². The molecule has 1 aromatic heterocycles. The Morgan fingerprint density at radius 3 is 2.93 bits per heavy atom. The van der Waals surface area contributed by atoms with E-state index in [4.69, 9.17) is 5.11 Å². The van der Waals surface area contributed by atoms with Gasteiger partial charge in [0.1, 0.15) is 0 Å². The zero-order valence-electron chi connectivity index (χ0n) is 7.73. The minimum atomic E-state index is -0.781. The van der Waals surface area contributed by atoms with Crippen molar-refractivity contribution in [2.75, 3.05) is 0 Å². The number of aromatic nitrogens is 1. The summed E-state index contributed by atoms with van der Waals surface area (Å²) >= 11 is 0.298. The van der Waals surface area contributed by atoms with E-state index in [1.54, 1.807) is 0 Å². The van der Waals surface area contributed by atoms with Crippen molar-refractivity contribution in [1.82, 2.24) is 0 Å². The van der Waals surface area contributed by atoms with Crippen LogP contribution in [-0.2, 0) is 11.3 Å². The zero-order valence-corrected chi connectivity index (χ0v) is 9.44. The van der Waals surface area contributed by atoms with Crippen molar-refractivity contribution in [3.8, 4) is 0 Å². The standard InChI is InChI=1S/C10H9NO2Se/c1-7-11(6-10(12)13)8-4-2-3-5-9(8)14-7/h2-5H,6H2,1H3/p+1. The molecule has 0 radical (unpaired) electrons. The number of carboxylic acids is 1. The number of nitrogens with zero attached hydrogens (tertiary/aromatic N) is 1. The Morgan fingerprint density at radius 2 is 2.21 bits per heavy atom. The van der Waals surface area contributed by atoms with Crippen LogP contribution in [-0.4, -0.2) is 25.6 Å². The number of carbonyl (C=O) groups is 1. The summed E-state index contributed by atoms with van der Waals surface area (Å²) in [6.45, 7) is 2.08. The Morgan fingerprint density at radius 1 is 1.50 bits per heavy atom. The third kappa shape index (κ3) is 1.59. The zero-order chi connectivity index (χ0) is 10.1. The molecular weight excluding hydrogens is 245 g/mol. The van der Waals surface area contributed by atoms with Crippen LogP contribution in [0.3, 0.4) is 0 Å². The monoisotopic (exact) mass is 256 g/mol. The maximum atomic E-state index is 10.7. The summed E-state index contributed by atoms with van der Waals surface area (Å²) in [6.07, 6.45) is 0. The second-order valence-corrected chi connectivity index (χ2v) is 5.66. The molecule has 1 aromatic carbocycles. The van der Waals surface area contributed by atoms with Gasteiger partial charge < -0.3 is 0 Å². The first-order valence-corrected chi connectivity index (χ1v) is 5.99. The summed E-state index contributed by atoms with van der Waals surface area (Å²) in [4.78, 5) is 10.7. The number of hydrogen-bond acceptors (Lipinski definition) is 1.